The van der Waals surface area contributed by atoms with Gasteiger partial charge in [-0.1, -0.05) is 0 Å². The van der Waals surface area contributed by atoms with Crippen LogP contribution >= 0.6 is 0 Å². The van der Waals surface area contributed by atoms with Gasteiger partial charge in [0.1, 0.15) is 5.82 Å². The number of esters is 1. The van der Waals surface area contributed by atoms with Crippen molar-refractivity contribution in [2.75, 3.05) is 13.2 Å². The summed E-state index contributed by atoms with van der Waals surface area (Å²) in [5, 5.41) is 0. The SMILES string of the molecule is CCOC(=O)c1cn2c(n1)CCC(CN)C2. The highest BCUT2D eigenvalue weighted by atomic mass is 16.5. The Labute approximate surface area is 94.6 Å². The lowest BCUT2D eigenvalue weighted by molar-refractivity contribution is 0.0520. The first-order valence-corrected chi connectivity index (χ1v) is 5.67. The Morgan fingerprint density at radius 3 is 3.25 bits per heavy atom. The normalized spacial score (nSPS) is 19.2. The second-order valence-corrected chi connectivity index (χ2v) is 4.06. The van der Waals surface area contributed by atoms with Gasteiger partial charge in [-0.25, -0.2) is 9.78 Å². The lowest BCUT2D eigenvalue weighted by atomic mass is 10.00. The van der Waals surface area contributed by atoms with Crippen LogP contribution in [0.3, 0.4) is 0 Å². The molecule has 1 aliphatic rings. The summed E-state index contributed by atoms with van der Waals surface area (Å²) in [6.45, 7) is 3.72. The van der Waals surface area contributed by atoms with E-state index in [4.69, 9.17) is 10.5 Å². The minimum Gasteiger partial charge on any atom is -0.461 e. The lowest BCUT2D eigenvalue weighted by Crippen LogP contribution is -2.25. The first-order chi connectivity index (χ1) is 7.74. The van der Waals surface area contributed by atoms with E-state index in [9.17, 15) is 4.79 Å². The summed E-state index contributed by atoms with van der Waals surface area (Å²) in [5.41, 5.74) is 6.06. The summed E-state index contributed by atoms with van der Waals surface area (Å²) in [6.07, 6.45) is 3.71. The number of rotatable bonds is 3. The van der Waals surface area contributed by atoms with E-state index in [1.54, 1.807) is 13.1 Å². The number of fused-ring (bicyclic) bond motifs is 1. The number of carbonyl (C=O) groups excluding carboxylic acids is 1. The summed E-state index contributed by atoms with van der Waals surface area (Å²) >= 11 is 0. The Balaban J connectivity index is 2.15. The van der Waals surface area contributed by atoms with Crippen molar-refractivity contribution in [3.63, 3.8) is 0 Å². The maximum absolute atomic E-state index is 11.5. The quantitative estimate of drug-likeness (QED) is 0.761. The molecule has 1 atom stereocenters. The summed E-state index contributed by atoms with van der Waals surface area (Å²) < 4.78 is 6.94. The number of hydrogen-bond acceptors (Lipinski definition) is 4. The van der Waals surface area contributed by atoms with Gasteiger partial charge in [0, 0.05) is 19.2 Å². The van der Waals surface area contributed by atoms with E-state index in [1.165, 1.54) is 0 Å². The van der Waals surface area contributed by atoms with Gasteiger partial charge in [0.25, 0.3) is 0 Å². The molecule has 1 aromatic rings. The molecule has 88 valence electrons. The third kappa shape index (κ3) is 2.09. The molecule has 0 aliphatic carbocycles. The van der Waals surface area contributed by atoms with Crippen molar-refractivity contribution < 1.29 is 9.53 Å². The van der Waals surface area contributed by atoms with E-state index in [2.05, 4.69) is 4.98 Å². The fraction of sp³-hybridized carbons (Fsp3) is 0.636. The summed E-state index contributed by atoms with van der Waals surface area (Å²) in [6, 6.07) is 0. The van der Waals surface area contributed by atoms with Crippen LogP contribution in [-0.2, 0) is 17.7 Å². The van der Waals surface area contributed by atoms with Gasteiger partial charge in [0.05, 0.1) is 6.61 Å². The molecule has 16 heavy (non-hydrogen) atoms. The van der Waals surface area contributed by atoms with E-state index in [0.717, 1.165) is 25.2 Å². The van der Waals surface area contributed by atoms with Gasteiger partial charge < -0.3 is 15.0 Å². The van der Waals surface area contributed by atoms with Crippen molar-refractivity contribution >= 4 is 5.97 Å². The van der Waals surface area contributed by atoms with E-state index in [1.807, 2.05) is 4.57 Å². The number of hydrogen-bond donors (Lipinski definition) is 1. The van der Waals surface area contributed by atoms with Crippen LogP contribution in [0.1, 0.15) is 29.7 Å². The average molecular weight is 223 g/mol. The molecule has 5 nitrogen and oxygen atoms in total. The predicted octanol–water partition coefficient (Wildman–Crippen LogP) is 0.581. The Bertz CT molecular complexity index is 387. The highest BCUT2D eigenvalue weighted by molar-refractivity contribution is 5.87. The van der Waals surface area contributed by atoms with Crippen molar-refractivity contribution in [3.05, 3.63) is 17.7 Å². The minimum absolute atomic E-state index is 0.339. The maximum atomic E-state index is 11.5. The second kappa shape index (κ2) is 4.65. The van der Waals surface area contributed by atoms with Crippen molar-refractivity contribution in [1.82, 2.24) is 9.55 Å². The van der Waals surface area contributed by atoms with Crippen LogP contribution in [0.15, 0.2) is 6.20 Å². The molecule has 0 spiro atoms. The van der Waals surface area contributed by atoms with Gasteiger partial charge in [-0.2, -0.15) is 0 Å². The van der Waals surface area contributed by atoms with Crippen LogP contribution in [0.5, 0.6) is 0 Å². The average Bonchev–Trinajstić information content (AvgIpc) is 2.71. The summed E-state index contributed by atoms with van der Waals surface area (Å²) in [5.74, 6) is 1.12. The van der Waals surface area contributed by atoms with Gasteiger partial charge in [-0.15, -0.1) is 0 Å². The van der Waals surface area contributed by atoms with Crippen molar-refractivity contribution in [3.8, 4) is 0 Å². The fourth-order valence-electron chi connectivity index (χ4n) is 2.01. The monoisotopic (exact) mass is 223 g/mol. The topological polar surface area (TPSA) is 70.1 Å². The molecule has 0 aromatic carbocycles. The van der Waals surface area contributed by atoms with Crippen molar-refractivity contribution in [2.24, 2.45) is 11.7 Å². The molecular weight excluding hydrogens is 206 g/mol. The number of carbonyl (C=O) groups is 1. The smallest absolute Gasteiger partial charge is 0.358 e. The maximum Gasteiger partial charge on any atom is 0.358 e. The number of aryl methyl sites for hydroxylation is 1. The van der Waals surface area contributed by atoms with Gasteiger partial charge in [-0.3, -0.25) is 0 Å². The van der Waals surface area contributed by atoms with Gasteiger partial charge in [-0.05, 0) is 25.8 Å². The second-order valence-electron chi connectivity index (χ2n) is 4.06. The molecular formula is C11H17N3O2. The first kappa shape index (κ1) is 11.1. The Kier molecular flexibility index (Phi) is 3.24. The molecule has 0 bridgehead atoms. The molecule has 2 N–H and O–H groups in total. The zero-order valence-electron chi connectivity index (χ0n) is 9.48. The Morgan fingerprint density at radius 1 is 1.75 bits per heavy atom. The summed E-state index contributed by atoms with van der Waals surface area (Å²) in [7, 11) is 0. The van der Waals surface area contributed by atoms with E-state index >= 15 is 0 Å². The number of ether oxygens (including phenoxy) is 1. The number of nitrogens with zero attached hydrogens (tertiary/aromatic N) is 2. The van der Waals surface area contributed by atoms with Crippen LogP contribution in [0.4, 0.5) is 0 Å². The predicted molar refractivity (Wildman–Crippen MR) is 59.0 cm³/mol. The Hall–Kier alpha value is -1.36. The Morgan fingerprint density at radius 2 is 2.56 bits per heavy atom. The van der Waals surface area contributed by atoms with Gasteiger partial charge >= 0.3 is 5.97 Å². The van der Waals surface area contributed by atoms with Crippen molar-refractivity contribution in [2.45, 2.75) is 26.3 Å². The van der Waals surface area contributed by atoms with Crippen LogP contribution in [-0.4, -0.2) is 28.7 Å². The molecule has 1 aromatic heterocycles. The van der Waals surface area contributed by atoms with Crippen LogP contribution in [0.2, 0.25) is 0 Å². The standard InChI is InChI=1S/C11H17N3O2/c1-2-16-11(15)9-7-14-6-8(5-12)3-4-10(14)13-9/h7-8H,2-6,12H2,1H3. The van der Waals surface area contributed by atoms with Crippen LogP contribution in [0, 0.1) is 5.92 Å². The van der Waals surface area contributed by atoms with E-state index in [0.29, 0.717) is 24.8 Å². The number of nitrogens with two attached hydrogens (primary N) is 1. The largest absolute Gasteiger partial charge is 0.461 e. The van der Waals surface area contributed by atoms with Gasteiger partial charge in [0.15, 0.2) is 5.69 Å². The molecule has 2 rings (SSSR count). The summed E-state index contributed by atoms with van der Waals surface area (Å²) in [4.78, 5) is 15.8. The molecule has 0 amide bonds. The minimum atomic E-state index is -0.339. The molecule has 0 saturated heterocycles. The lowest BCUT2D eigenvalue weighted by Gasteiger charge is -2.21. The molecule has 1 aliphatic heterocycles. The zero-order chi connectivity index (χ0) is 11.5. The molecule has 1 unspecified atom stereocenters. The molecule has 0 fully saturated rings. The van der Waals surface area contributed by atoms with Crippen molar-refractivity contribution in [1.29, 1.82) is 0 Å². The first-order valence-electron chi connectivity index (χ1n) is 5.67. The third-order valence-corrected chi connectivity index (χ3v) is 2.91. The van der Waals surface area contributed by atoms with Gasteiger partial charge in [0.2, 0.25) is 0 Å². The van der Waals surface area contributed by atoms with E-state index < -0.39 is 0 Å². The zero-order valence-corrected chi connectivity index (χ0v) is 9.48. The van der Waals surface area contributed by atoms with E-state index in [-0.39, 0.29) is 5.97 Å². The molecule has 2 heterocycles. The van der Waals surface area contributed by atoms with Crippen LogP contribution < -0.4 is 5.73 Å². The molecule has 0 saturated carbocycles. The number of aromatic nitrogens is 2. The highest BCUT2D eigenvalue weighted by Crippen LogP contribution is 2.19. The molecule has 0 radical (unpaired) electrons. The third-order valence-electron chi connectivity index (χ3n) is 2.91. The highest BCUT2D eigenvalue weighted by Gasteiger charge is 2.21. The van der Waals surface area contributed by atoms with Crippen LogP contribution in [0.25, 0.3) is 0 Å². The fourth-order valence-corrected chi connectivity index (χ4v) is 2.01. The number of imidazole rings is 1. The molecule has 5 heteroatoms.